The van der Waals surface area contributed by atoms with Crippen LogP contribution in [0.5, 0.6) is 0 Å². The predicted molar refractivity (Wildman–Crippen MR) is 79.0 cm³/mol. The second-order valence-electron chi connectivity index (χ2n) is 5.00. The molecule has 1 saturated carbocycles. The first-order valence-corrected chi connectivity index (χ1v) is 7.86. The molecule has 1 aromatic rings. The van der Waals surface area contributed by atoms with Gasteiger partial charge >= 0.3 is 0 Å². The van der Waals surface area contributed by atoms with E-state index in [1.54, 1.807) is 12.1 Å². The molecule has 1 aliphatic carbocycles. The number of halogens is 2. The molecule has 0 spiro atoms. The number of benzene rings is 1. The Bertz CT molecular complexity index is 418. The van der Waals surface area contributed by atoms with Crippen LogP contribution in [0.1, 0.15) is 37.7 Å². The van der Waals surface area contributed by atoms with Gasteiger partial charge in [0.25, 0.3) is 6.43 Å². The summed E-state index contributed by atoms with van der Waals surface area (Å²) in [5, 5.41) is 3.98. The van der Waals surface area contributed by atoms with E-state index in [2.05, 4.69) is 11.6 Å². The minimum absolute atomic E-state index is 0.00647. The van der Waals surface area contributed by atoms with Gasteiger partial charge in [-0.15, -0.1) is 0 Å². The van der Waals surface area contributed by atoms with Crippen molar-refractivity contribution in [1.82, 2.24) is 0 Å². The zero-order valence-electron chi connectivity index (χ0n) is 11.0. The lowest BCUT2D eigenvalue weighted by Gasteiger charge is -2.29. The molecule has 0 bridgehead atoms. The van der Waals surface area contributed by atoms with E-state index in [1.165, 1.54) is 6.07 Å². The summed E-state index contributed by atoms with van der Waals surface area (Å²) in [5.41, 5.74) is 6.48. The highest BCUT2D eigenvalue weighted by molar-refractivity contribution is 7.99. The summed E-state index contributed by atoms with van der Waals surface area (Å²) in [6, 6.07) is 4.99. The number of thioether (sulfide) groups is 1. The SMILES string of the molecule is CSC1CCC(Nc2ccc(N)cc2C(F)F)CC1. The third-order valence-electron chi connectivity index (χ3n) is 3.68. The van der Waals surface area contributed by atoms with Crippen LogP contribution in [-0.2, 0) is 0 Å². The van der Waals surface area contributed by atoms with Gasteiger partial charge in [0.2, 0.25) is 0 Å². The van der Waals surface area contributed by atoms with Gasteiger partial charge in [0.15, 0.2) is 0 Å². The van der Waals surface area contributed by atoms with Crippen LogP contribution < -0.4 is 11.1 Å². The fourth-order valence-corrected chi connectivity index (χ4v) is 3.30. The van der Waals surface area contributed by atoms with Gasteiger partial charge in [-0.3, -0.25) is 0 Å². The van der Waals surface area contributed by atoms with Gasteiger partial charge in [0.1, 0.15) is 0 Å². The van der Waals surface area contributed by atoms with Gasteiger partial charge in [0.05, 0.1) is 0 Å². The molecule has 0 amide bonds. The maximum atomic E-state index is 13.0. The molecule has 106 valence electrons. The highest BCUT2D eigenvalue weighted by Crippen LogP contribution is 2.33. The Labute approximate surface area is 117 Å². The summed E-state index contributed by atoms with van der Waals surface area (Å²) in [5.74, 6) is 0. The average Bonchev–Trinajstić information content (AvgIpc) is 2.41. The van der Waals surface area contributed by atoms with Crippen LogP contribution in [0.2, 0.25) is 0 Å². The topological polar surface area (TPSA) is 38.0 Å². The molecule has 0 saturated heterocycles. The summed E-state index contributed by atoms with van der Waals surface area (Å²) in [7, 11) is 0. The normalized spacial score (nSPS) is 23.6. The molecular weight excluding hydrogens is 266 g/mol. The molecule has 2 rings (SSSR count). The van der Waals surface area contributed by atoms with E-state index >= 15 is 0 Å². The van der Waals surface area contributed by atoms with Gasteiger partial charge in [0, 0.05) is 28.2 Å². The van der Waals surface area contributed by atoms with Crippen LogP contribution in [0.4, 0.5) is 20.2 Å². The van der Waals surface area contributed by atoms with Crippen molar-refractivity contribution in [3.63, 3.8) is 0 Å². The zero-order chi connectivity index (χ0) is 13.8. The predicted octanol–water partition coefficient (Wildman–Crippen LogP) is 4.29. The van der Waals surface area contributed by atoms with E-state index in [0.717, 1.165) is 30.9 Å². The van der Waals surface area contributed by atoms with Gasteiger partial charge in [-0.2, -0.15) is 11.8 Å². The Kier molecular flexibility index (Phi) is 4.91. The standard InChI is InChI=1S/C14H20F2N2S/c1-19-11-5-3-10(4-6-11)18-13-7-2-9(17)8-12(13)14(15)16/h2,7-8,10-11,14,18H,3-6,17H2,1H3. The average molecular weight is 286 g/mol. The largest absolute Gasteiger partial charge is 0.399 e. The van der Waals surface area contributed by atoms with Crippen LogP contribution in [0.15, 0.2) is 18.2 Å². The third kappa shape index (κ3) is 3.75. The van der Waals surface area contributed by atoms with E-state index in [-0.39, 0.29) is 5.56 Å². The summed E-state index contributed by atoms with van der Waals surface area (Å²) < 4.78 is 26.0. The van der Waals surface area contributed by atoms with Crippen molar-refractivity contribution in [3.05, 3.63) is 23.8 Å². The minimum atomic E-state index is -2.49. The molecule has 5 heteroatoms. The number of nitrogen functional groups attached to an aromatic ring is 1. The maximum Gasteiger partial charge on any atom is 0.265 e. The highest BCUT2D eigenvalue weighted by atomic mass is 32.2. The second kappa shape index (κ2) is 6.46. The van der Waals surface area contributed by atoms with Crippen molar-refractivity contribution in [2.45, 2.75) is 43.4 Å². The van der Waals surface area contributed by atoms with Crippen molar-refractivity contribution in [2.75, 3.05) is 17.3 Å². The van der Waals surface area contributed by atoms with Gasteiger partial charge in [-0.05, 0) is 50.1 Å². The molecule has 0 atom stereocenters. The molecule has 2 nitrogen and oxygen atoms in total. The number of alkyl halides is 2. The second-order valence-corrected chi connectivity index (χ2v) is 6.14. The minimum Gasteiger partial charge on any atom is -0.399 e. The number of nitrogens with two attached hydrogens (primary N) is 1. The zero-order valence-corrected chi connectivity index (χ0v) is 11.9. The third-order valence-corrected chi connectivity index (χ3v) is 4.82. The number of anilines is 2. The summed E-state index contributed by atoms with van der Waals surface area (Å²) >= 11 is 1.90. The molecule has 19 heavy (non-hydrogen) atoms. The Morgan fingerprint density at radius 3 is 2.53 bits per heavy atom. The van der Waals surface area contributed by atoms with Crippen molar-refractivity contribution in [2.24, 2.45) is 0 Å². The first-order chi connectivity index (χ1) is 9.10. The Balaban J connectivity index is 2.03. The van der Waals surface area contributed by atoms with Crippen LogP contribution >= 0.6 is 11.8 Å². The molecule has 0 radical (unpaired) electrons. The number of hydrogen-bond acceptors (Lipinski definition) is 3. The first-order valence-electron chi connectivity index (χ1n) is 6.57. The monoisotopic (exact) mass is 286 g/mol. The van der Waals surface area contributed by atoms with Crippen LogP contribution in [0.25, 0.3) is 0 Å². The number of rotatable bonds is 4. The van der Waals surface area contributed by atoms with Crippen molar-refractivity contribution < 1.29 is 8.78 Å². The fraction of sp³-hybridized carbons (Fsp3) is 0.571. The van der Waals surface area contributed by atoms with Crippen LogP contribution in [-0.4, -0.2) is 17.5 Å². The molecule has 0 aromatic heterocycles. The molecular formula is C14H20F2N2S. The van der Waals surface area contributed by atoms with E-state index in [4.69, 9.17) is 5.73 Å². The Morgan fingerprint density at radius 1 is 1.26 bits per heavy atom. The molecule has 0 aliphatic heterocycles. The number of hydrogen-bond donors (Lipinski definition) is 2. The lowest BCUT2D eigenvalue weighted by atomic mass is 9.94. The van der Waals surface area contributed by atoms with Gasteiger partial charge in [-0.1, -0.05) is 0 Å². The highest BCUT2D eigenvalue weighted by Gasteiger charge is 2.22. The van der Waals surface area contributed by atoms with E-state index in [9.17, 15) is 8.78 Å². The lowest BCUT2D eigenvalue weighted by Crippen LogP contribution is -2.27. The van der Waals surface area contributed by atoms with Gasteiger partial charge < -0.3 is 11.1 Å². The lowest BCUT2D eigenvalue weighted by molar-refractivity contribution is 0.152. The Hall–Kier alpha value is -0.970. The molecule has 1 aliphatic rings. The van der Waals surface area contributed by atoms with E-state index < -0.39 is 6.43 Å². The molecule has 1 aromatic carbocycles. The van der Waals surface area contributed by atoms with Crippen molar-refractivity contribution >= 4 is 23.1 Å². The Morgan fingerprint density at radius 2 is 1.95 bits per heavy atom. The fourth-order valence-electron chi connectivity index (χ4n) is 2.56. The molecule has 3 N–H and O–H groups in total. The molecule has 0 unspecified atom stereocenters. The first kappa shape index (κ1) is 14.4. The smallest absolute Gasteiger partial charge is 0.265 e. The van der Waals surface area contributed by atoms with Crippen LogP contribution in [0.3, 0.4) is 0 Å². The van der Waals surface area contributed by atoms with Crippen molar-refractivity contribution in [1.29, 1.82) is 0 Å². The molecule has 0 heterocycles. The van der Waals surface area contributed by atoms with Crippen LogP contribution in [0, 0.1) is 0 Å². The molecule has 1 fully saturated rings. The van der Waals surface area contributed by atoms with Crippen molar-refractivity contribution in [3.8, 4) is 0 Å². The van der Waals surface area contributed by atoms with E-state index in [1.807, 2.05) is 11.8 Å². The summed E-state index contributed by atoms with van der Waals surface area (Å²) in [4.78, 5) is 0. The maximum absolute atomic E-state index is 13.0. The van der Waals surface area contributed by atoms with E-state index in [0.29, 0.717) is 17.4 Å². The summed E-state index contributed by atoms with van der Waals surface area (Å²) in [6.45, 7) is 0. The summed E-state index contributed by atoms with van der Waals surface area (Å²) in [6.07, 6.45) is 4.02. The number of nitrogens with one attached hydrogen (secondary N) is 1. The van der Waals surface area contributed by atoms with Gasteiger partial charge in [-0.25, -0.2) is 8.78 Å². The quantitative estimate of drug-likeness (QED) is 0.811.